The molecule has 0 aliphatic carbocycles. The van der Waals surface area contributed by atoms with Crippen molar-refractivity contribution in [1.82, 2.24) is 14.9 Å². The summed E-state index contributed by atoms with van der Waals surface area (Å²) in [5.74, 6) is -0.833. The summed E-state index contributed by atoms with van der Waals surface area (Å²) in [5, 5.41) is 4.14. The number of halogens is 3. The van der Waals surface area contributed by atoms with Crippen molar-refractivity contribution in [3.8, 4) is 16.8 Å². The molecule has 2 aromatic carbocycles. The van der Waals surface area contributed by atoms with Crippen LogP contribution in [0.3, 0.4) is 0 Å². The zero-order valence-corrected chi connectivity index (χ0v) is 17.6. The zero-order chi connectivity index (χ0) is 21.6. The minimum Gasteiger partial charge on any atom is -0.388 e. The van der Waals surface area contributed by atoms with Gasteiger partial charge < -0.3 is 9.88 Å². The Kier molecular flexibility index (Phi) is 5.08. The highest BCUT2D eigenvalue weighted by Gasteiger charge is 2.18. The third-order valence-corrected chi connectivity index (χ3v) is 5.50. The van der Waals surface area contributed by atoms with Crippen molar-refractivity contribution in [2.24, 2.45) is 0 Å². The van der Waals surface area contributed by atoms with Crippen molar-refractivity contribution in [1.29, 1.82) is 0 Å². The number of nitrogens with zero attached hydrogens (tertiary/aromatic N) is 2. The van der Waals surface area contributed by atoms with Crippen molar-refractivity contribution >= 4 is 28.3 Å². The van der Waals surface area contributed by atoms with E-state index in [-0.39, 0.29) is 0 Å². The van der Waals surface area contributed by atoms with E-state index in [9.17, 15) is 8.78 Å². The summed E-state index contributed by atoms with van der Waals surface area (Å²) < 4.78 is 30.7. The Hall–Kier alpha value is -3.18. The highest BCUT2D eigenvalue weighted by Crippen LogP contribution is 2.36. The Labute approximate surface area is 178 Å². The number of aryl methyl sites for hydroxylation is 2. The van der Waals surface area contributed by atoms with Crippen LogP contribution in [0.5, 0.6) is 0 Å². The van der Waals surface area contributed by atoms with Gasteiger partial charge in [-0.3, -0.25) is 0 Å². The van der Waals surface area contributed by atoms with Gasteiger partial charge in [-0.1, -0.05) is 24.2 Å². The molecule has 0 bridgehead atoms. The maximum absolute atomic E-state index is 14.8. The Morgan fingerprint density at radius 3 is 2.53 bits per heavy atom. The standard InChI is InChI=1S/C24H20ClF2N3/c1-13-7-16(25)5-6-18(13)21-12-30(24-20(21)9-17(26)11-29-24)23-10-22(27)19(8-14(23)2)15(3)28-4/h5-12,28H,3H2,1-2,4H3. The maximum Gasteiger partial charge on any atom is 0.145 e. The highest BCUT2D eigenvalue weighted by atomic mass is 35.5. The van der Waals surface area contributed by atoms with E-state index < -0.39 is 11.6 Å². The van der Waals surface area contributed by atoms with Crippen LogP contribution >= 0.6 is 11.6 Å². The predicted octanol–water partition coefficient (Wildman–Crippen LogP) is 6.43. The molecule has 0 radical (unpaired) electrons. The first-order chi connectivity index (χ1) is 14.3. The smallest absolute Gasteiger partial charge is 0.145 e. The van der Waals surface area contributed by atoms with E-state index in [4.69, 9.17) is 11.6 Å². The van der Waals surface area contributed by atoms with Crippen molar-refractivity contribution in [2.45, 2.75) is 13.8 Å². The summed E-state index contributed by atoms with van der Waals surface area (Å²) in [6, 6.07) is 10.2. The molecule has 4 aromatic rings. The molecule has 0 amide bonds. The van der Waals surface area contributed by atoms with Gasteiger partial charge in [0.15, 0.2) is 0 Å². The van der Waals surface area contributed by atoms with Gasteiger partial charge in [-0.2, -0.15) is 0 Å². The third-order valence-electron chi connectivity index (χ3n) is 5.26. The van der Waals surface area contributed by atoms with E-state index in [0.29, 0.717) is 33.0 Å². The Morgan fingerprint density at radius 1 is 1.07 bits per heavy atom. The molecular weight excluding hydrogens is 404 g/mol. The number of aromatic nitrogens is 2. The van der Waals surface area contributed by atoms with E-state index >= 15 is 0 Å². The summed E-state index contributed by atoms with van der Waals surface area (Å²) in [6.07, 6.45) is 3.03. The minimum absolute atomic E-state index is 0.400. The van der Waals surface area contributed by atoms with Crippen LogP contribution in [0.25, 0.3) is 33.5 Å². The zero-order valence-electron chi connectivity index (χ0n) is 16.9. The second-order valence-corrected chi connectivity index (χ2v) is 7.68. The average molecular weight is 424 g/mol. The van der Waals surface area contributed by atoms with E-state index in [1.165, 1.54) is 18.3 Å². The van der Waals surface area contributed by atoms with Crippen LogP contribution in [-0.2, 0) is 0 Å². The van der Waals surface area contributed by atoms with Crippen LogP contribution in [0, 0.1) is 25.5 Å². The van der Waals surface area contributed by atoms with Crippen molar-refractivity contribution < 1.29 is 8.78 Å². The Balaban J connectivity index is 2.00. The van der Waals surface area contributed by atoms with Crippen molar-refractivity contribution in [2.75, 3.05) is 7.05 Å². The highest BCUT2D eigenvalue weighted by molar-refractivity contribution is 6.30. The number of nitrogens with one attached hydrogen (secondary N) is 1. The number of rotatable bonds is 4. The second kappa shape index (κ2) is 7.58. The van der Waals surface area contributed by atoms with Gasteiger partial charge in [0.2, 0.25) is 0 Å². The molecule has 0 aliphatic rings. The molecule has 3 nitrogen and oxygen atoms in total. The van der Waals surface area contributed by atoms with Crippen LogP contribution in [0.4, 0.5) is 8.78 Å². The van der Waals surface area contributed by atoms with Gasteiger partial charge in [-0.15, -0.1) is 0 Å². The average Bonchev–Trinajstić information content (AvgIpc) is 3.07. The number of benzene rings is 2. The van der Waals surface area contributed by atoms with Gasteiger partial charge in [-0.25, -0.2) is 13.8 Å². The van der Waals surface area contributed by atoms with E-state index in [1.807, 2.05) is 32.2 Å². The topological polar surface area (TPSA) is 29.9 Å². The Bertz CT molecular complexity index is 1310. The van der Waals surface area contributed by atoms with Crippen LogP contribution in [0.1, 0.15) is 16.7 Å². The lowest BCUT2D eigenvalue weighted by Crippen LogP contribution is -2.07. The van der Waals surface area contributed by atoms with Gasteiger partial charge in [0.25, 0.3) is 0 Å². The lowest BCUT2D eigenvalue weighted by molar-refractivity contribution is 0.620. The fraction of sp³-hybridized carbons (Fsp3) is 0.125. The lowest BCUT2D eigenvalue weighted by atomic mass is 10.0. The first kappa shape index (κ1) is 20.1. The number of fused-ring (bicyclic) bond motifs is 1. The van der Waals surface area contributed by atoms with Crippen LogP contribution in [0.2, 0.25) is 5.02 Å². The fourth-order valence-electron chi connectivity index (χ4n) is 3.71. The molecule has 0 atom stereocenters. The summed E-state index contributed by atoms with van der Waals surface area (Å²) in [7, 11) is 1.70. The molecule has 0 aliphatic heterocycles. The second-order valence-electron chi connectivity index (χ2n) is 7.24. The molecule has 152 valence electrons. The first-order valence-electron chi connectivity index (χ1n) is 9.41. The molecule has 4 rings (SSSR count). The molecular formula is C24H20ClF2N3. The molecule has 2 heterocycles. The van der Waals surface area contributed by atoms with Crippen LogP contribution < -0.4 is 5.32 Å². The van der Waals surface area contributed by atoms with Gasteiger partial charge in [0.05, 0.1) is 11.9 Å². The molecule has 6 heteroatoms. The molecule has 0 saturated carbocycles. The number of hydrogen-bond donors (Lipinski definition) is 1. The largest absolute Gasteiger partial charge is 0.388 e. The molecule has 2 aromatic heterocycles. The Morgan fingerprint density at radius 2 is 1.83 bits per heavy atom. The van der Waals surface area contributed by atoms with Gasteiger partial charge in [-0.05, 0) is 60.9 Å². The predicted molar refractivity (Wildman–Crippen MR) is 119 cm³/mol. The summed E-state index contributed by atoms with van der Waals surface area (Å²) in [4.78, 5) is 4.30. The lowest BCUT2D eigenvalue weighted by Gasteiger charge is -2.13. The molecule has 0 spiro atoms. The fourth-order valence-corrected chi connectivity index (χ4v) is 3.93. The quantitative estimate of drug-likeness (QED) is 0.410. The summed E-state index contributed by atoms with van der Waals surface area (Å²) >= 11 is 6.11. The van der Waals surface area contributed by atoms with E-state index in [2.05, 4.69) is 16.9 Å². The van der Waals surface area contributed by atoms with Gasteiger partial charge in [0.1, 0.15) is 17.3 Å². The molecule has 30 heavy (non-hydrogen) atoms. The molecule has 0 saturated heterocycles. The van der Waals surface area contributed by atoms with Gasteiger partial charge in [0, 0.05) is 40.5 Å². The summed E-state index contributed by atoms with van der Waals surface area (Å²) in [5.41, 5.74) is 5.58. The SMILES string of the molecule is C=C(NC)c1cc(C)c(-n2cc(-c3ccc(Cl)cc3C)c3cc(F)cnc32)cc1F. The molecule has 0 unspecified atom stereocenters. The van der Waals surface area contributed by atoms with Crippen LogP contribution in [0.15, 0.2) is 55.4 Å². The third kappa shape index (κ3) is 3.35. The van der Waals surface area contributed by atoms with E-state index in [1.54, 1.807) is 23.7 Å². The monoisotopic (exact) mass is 423 g/mol. The van der Waals surface area contributed by atoms with Crippen molar-refractivity contribution in [3.63, 3.8) is 0 Å². The molecule has 1 N–H and O–H groups in total. The molecule has 0 fully saturated rings. The van der Waals surface area contributed by atoms with Crippen LogP contribution in [-0.4, -0.2) is 16.6 Å². The number of pyridine rings is 1. The van der Waals surface area contributed by atoms with Crippen molar-refractivity contribution in [3.05, 3.63) is 88.7 Å². The van der Waals surface area contributed by atoms with Gasteiger partial charge >= 0.3 is 0 Å². The number of hydrogen-bond acceptors (Lipinski definition) is 2. The maximum atomic E-state index is 14.8. The van der Waals surface area contributed by atoms with E-state index in [0.717, 1.165) is 22.3 Å². The minimum atomic E-state index is -0.434. The first-order valence-corrected chi connectivity index (χ1v) is 9.78. The summed E-state index contributed by atoms with van der Waals surface area (Å²) in [6.45, 7) is 7.68. The normalized spacial score (nSPS) is 11.1.